The van der Waals surface area contributed by atoms with Gasteiger partial charge in [0.05, 0.1) is 21.3 Å². The van der Waals surface area contributed by atoms with Gasteiger partial charge in [0.2, 0.25) is 0 Å². The van der Waals surface area contributed by atoms with Crippen LogP contribution < -0.4 is 9.47 Å². The van der Waals surface area contributed by atoms with Crippen molar-refractivity contribution in [3.8, 4) is 21.9 Å². The van der Waals surface area contributed by atoms with Crippen molar-refractivity contribution in [1.29, 1.82) is 0 Å². The Morgan fingerprint density at radius 2 is 1.74 bits per heavy atom. The molecule has 0 spiro atoms. The van der Waals surface area contributed by atoms with E-state index >= 15 is 0 Å². The van der Waals surface area contributed by atoms with Gasteiger partial charge in [0, 0.05) is 4.88 Å². The highest BCUT2D eigenvalue weighted by molar-refractivity contribution is 7.17. The molecular weight excluding hydrogens is 264 g/mol. The van der Waals surface area contributed by atoms with E-state index in [4.69, 9.17) is 14.2 Å². The van der Waals surface area contributed by atoms with Gasteiger partial charge in [0.15, 0.2) is 11.5 Å². The molecule has 2 rings (SSSR count). The molecule has 0 fully saturated rings. The molecule has 1 heterocycles. The number of rotatable bonds is 4. The number of methoxy groups -OCH3 is 3. The normalized spacial score (nSPS) is 10.1. The zero-order valence-electron chi connectivity index (χ0n) is 10.9. The Labute approximate surface area is 115 Å². The summed E-state index contributed by atoms with van der Waals surface area (Å²) in [6.45, 7) is 0. The number of hydrogen-bond acceptors (Lipinski definition) is 5. The lowest BCUT2D eigenvalue weighted by atomic mass is 10.1. The van der Waals surface area contributed by atoms with Gasteiger partial charge in [0.25, 0.3) is 0 Å². The maximum atomic E-state index is 11.4. The molecule has 4 nitrogen and oxygen atoms in total. The summed E-state index contributed by atoms with van der Waals surface area (Å²) in [5.74, 6) is 1.01. The molecule has 0 bridgehead atoms. The Morgan fingerprint density at radius 1 is 1.00 bits per heavy atom. The summed E-state index contributed by atoms with van der Waals surface area (Å²) in [5.41, 5.74) is 0.970. The molecule has 0 N–H and O–H groups in total. The first-order valence-corrected chi connectivity index (χ1v) is 6.41. The number of carbonyl (C=O) groups excluding carboxylic acids is 1. The summed E-state index contributed by atoms with van der Waals surface area (Å²) in [6.07, 6.45) is 0. The van der Waals surface area contributed by atoms with Crippen LogP contribution >= 0.6 is 11.3 Å². The molecular formula is C14H14O4S. The van der Waals surface area contributed by atoms with Gasteiger partial charge in [-0.25, -0.2) is 4.79 Å². The molecule has 0 aliphatic rings. The van der Waals surface area contributed by atoms with Crippen molar-refractivity contribution in [2.45, 2.75) is 0 Å². The highest BCUT2D eigenvalue weighted by Crippen LogP contribution is 2.35. The minimum Gasteiger partial charge on any atom is -0.493 e. The number of benzene rings is 1. The van der Waals surface area contributed by atoms with Crippen molar-refractivity contribution in [3.63, 3.8) is 0 Å². The van der Waals surface area contributed by atoms with Crippen LogP contribution in [0.15, 0.2) is 30.3 Å². The largest absolute Gasteiger partial charge is 0.493 e. The van der Waals surface area contributed by atoms with Gasteiger partial charge in [-0.3, -0.25) is 0 Å². The van der Waals surface area contributed by atoms with E-state index in [1.54, 1.807) is 20.3 Å². The molecule has 0 saturated carbocycles. The Morgan fingerprint density at radius 3 is 2.37 bits per heavy atom. The number of esters is 1. The van der Waals surface area contributed by atoms with E-state index in [1.165, 1.54) is 18.4 Å². The molecule has 100 valence electrons. The van der Waals surface area contributed by atoms with Crippen LogP contribution in [0.2, 0.25) is 0 Å². The third-order valence-corrected chi connectivity index (χ3v) is 3.77. The van der Waals surface area contributed by atoms with E-state index in [2.05, 4.69) is 0 Å². The van der Waals surface area contributed by atoms with Gasteiger partial charge in [0.1, 0.15) is 4.88 Å². The predicted octanol–water partition coefficient (Wildman–Crippen LogP) is 3.22. The van der Waals surface area contributed by atoms with Crippen molar-refractivity contribution in [2.75, 3.05) is 21.3 Å². The van der Waals surface area contributed by atoms with Gasteiger partial charge in [-0.05, 0) is 35.9 Å². The van der Waals surface area contributed by atoms with E-state index < -0.39 is 0 Å². The summed E-state index contributed by atoms with van der Waals surface area (Å²) >= 11 is 1.38. The van der Waals surface area contributed by atoms with Crippen LogP contribution in [0.5, 0.6) is 11.5 Å². The van der Waals surface area contributed by atoms with E-state index in [0.717, 1.165) is 10.4 Å². The standard InChI is InChI=1S/C14H14O4S/c1-16-10-5-4-9(8-11(10)17-2)12-6-7-13(19-12)14(15)18-3/h4-8H,1-3H3. The predicted molar refractivity (Wildman–Crippen MR) is 74.2 cm³/mol. The number of thiophene rings is 1. The van der Waals surface area contributed by atoms with Crippen molar-refractivity contribution in [1.82, 2.24) is 0 Å². The lowest BCUT2D eigenvalue weighted by Crippen LogP contribution is -1.96. The van der Waals surface area contributed by atoms with Crippen LogP contribution in [0.3, 0.4) is 0 Å². The quantitative estimate of drug-likeness (QED) is 0.805. The summed E-state index contributed by atoms with van der Waals surface area (Å²) in [4.78, 5) is 13.0. The zero-order chi connectivity index (χ0) is 13.8. The van der Waals surface area contributed by atoms with Crippen LogP contribution in [0.4, 0.5) is 0 Å². The van der Waals surface area contributed by atoms with Gasteiger partial charge in [-0.15, -0.1) is 11.3 Å². The second kappa shape index (κ2) is 5.75. The van der Waals surface area contributed by atoms with Crippen LogP contribution in [0.1, 0.15) is 9.67 Å². The summed E-state index contributed by atoms with van der Waals surface area (Å²) in [6, 6.07) is 9.28. The summed E-state index contributed by atoms with van der Waals surface area (Å²) < 4.78 is 15.1. The molecule has 0 aliphatic heterocycles. The third kappa shape index (κ3) is 2.71. The minimum absolute atomic E-state index is 0.322. The van der Waals surface area contributed by atoms with Crippen molar-refractivity contribution in [2.24, 2.45) is 0 Å². The molecule has 5 heteroatoms. The second-order valence-corrected chi connectivity index (χ2v) is 4.81. The SMILES string of the molecule is COC(=O)c1ccc(-c2ccc(OC)c(OC)c2)s1. The van der Waals surface area contributed by atoms with Gasteiger partial charge in [-0.1, -0.05) is 0 Å². The van der Waals surface area contributed by atoms with Crippen molar-refractivity contribution < 1.29 is 19.0 Å². The average Bonchev–Trinajstić information content (AvgIpc) is 2.95. The lowest BCUT2D eigenvalue weighted by Gasteiger charge is -2.08. The summed E-state index contributed by atoms with van der Waals surface area (Å²) in [5, 5.41) is 0. The van der Waals surface area contributed by atoms with Crippen LogP contribution in [-0.2, 0) is 4.74 Å². The second-order valence-electron chi connectivity index (χ2n) is 3.73. The average molecular weight is 278 g/mol. The maximum absolute atomic E-state index is 11.4. The van der Waals surface area contributed by atoms with E-state index in [-0.39, 0.29) is 5.97 Å². The zero-order valence-corrected chi connectivity index (χ0v) is 11.7. The monoisotopic (exact) mass is 278 g/mol. The fourth-order valence-electron chi connectivity index (χ4n) is 1.69. The Bertz CT molecular complexity index is 589. The Kier molecular flexibility index (Phi) is 4.06. The lowest BCUT2D eigenvalue weighted by molar-refractivity contribution is 0.0606. The maximum Gasteiger partial charge on any atom is 0.348 e. The molecule has 1 aromatic heterocycles. The number of carbonyl (C=O) groups is 1. The Balaban J connectivity index is 2.36. The van der Waals surface area contributed by atoms with Crippen LogP contribution in [-0.4, -0.2) is 27.3 Å². The van der Waals surface area contributed by atoms with Gasteiger partial charge in [-0.2, -0.15) is 0 Å². The first-order chi connectivity index (χ1) is 9.19. The molecule has 0 saturated heterocycles. The summed E-state index contributed by atoms with van der Waals surface area (Å²) in [7, 11) is 4.56. The van der Waals surface area contributed by atoms with E-state index in [9.17, 15) is 4.79 Å². The molecule has 1 aromatic carbocycles. The topological polar surface area (TPSA) is 44.8 Å². The van der Waals surface area contributed by atoms with E-state index in [1.807, 2.05) is 24.3 Å². The Hall–Kier alpha value is -2.01. The molecule has 19 heavy (non-hydrogen) atoms. The van der Waals surface area contributed by atoms with E-state index in [0.29, 0.717) is 16.4 Å². The van der Waals surface area contributed by atoms with Crippen LogP contribution in [0, 0.1) is 0 Å². The highest BCUT2D eigenvalue weighted by atomic mass is 32.1. The highest BCUT2D eigenvalue weighted by Gasteiger charge is 2.12. The third-order valence-electron chi connectivity index (χ3n) is 2.66. The minimum atomic E-state index is -0.322. The first kappa shape index (κ1) is 13.4. The molecule has 0 radical (unpaired) electrons. The van der Waals surface area contributed by atoms with Crippen molar-refractivity contribution in [3.05, 3.63) is 35.2 Å². The molecule has 0 aliphatic carbocycles. The van der Waals surface area contributed by atoms with Crippen molar-refractivity contribution >= 4 is 17.3 Å². The first-order valence-electron chi connectivity index (χ1n) is 5.60. The van der Waals surface area contributed by atoms with Crippen LogP contribution in [0.25, 0.3) is 10.4 Å². The fourth-order valence-corrected chi connectivity index (χ4v) is 2.61. The molecule has 2 aromatic rings. The number of ether oxygens (including phenoxy) is 3. The molecule has 0 atom stereocenters. The molecule has 0 amide bonds. The van der Waals surface area contributed by atoms with Gasteiger partial charge < -0.3 is 14.2 Å². The van der Waals surface area contributed by atoms with Gasteiger partial charge >= 0.3 is 5.97 Å². The molecule has 0 unspecified atom stereocenters. The fraction of sp³-hybridized carbons (Fsp3) is 0.214. The smallest absolute Gasteiger partial charge is 0.348 e. The number of hydrogen-bond donors (Lipinski definition) is 0.